The molecule has 0 unspecified atom stereocenters. The summed E-state index contributed by atoms with van der Waals surface area (Å²) >= 11 is 0. The standard InChI is InChI=1S/2C16H12N4O10S2.Cr/c2*17-10-6-9(31(25,26)27)3-7-4-13(32(28,29)30)15(16(22)14(7)10)19-18-11-5-8(20(23)24)1-2-12(11)21;/h2*1-6,21-22H,17H2,(H,25,26,27)(H,28,29,30);/p+5. The maximum absolute atomic E-state index is 11.8. The van der Waals surface area contributed by atoms with Crippen LogP contribution in [-0.4, -0.2) is 82.2 Å². The summed E-state index contributed by atoms with van der Waals surface area (Å²) < 4.78 is 130. The Morgan fingerprint density at radius 1 is 0.492 bits per heavy atom. The van der Waals surface area contributed by atoms with Crippen LogP contribution in [0.5, 0.6) is 23.0 Å². The van der Waals surface area contributed by atoms with E-state index < -0.39 is 138 Å². The first-order valence-electron chi connectivity index (χ1n) is 16.3. The van der Waals surface area contributed by atoms with Crippen molar-refractivity contribution in [2.45, 2.75) is 19.6 Å². The second-order valence-corrected chi connectivity index (χ2v) is 18.1. The number of phenolic OH excluding ortho intramolecular Hbond substituents is 4. The maximum atomic E-state index is 11.8. The SMILES string of the molecule is Nc1cc(S(=O)(=O)O)cc2cc(S(=O)(=O)O)c(N=Nc3cc([N+](=O)[O-])ccc3O)c(O)c12.Nc1cc(S(=O)(=O)O)cc2cc(S(=O)(=O)O)c(N=Nc3cc([N+](=O)[O-])ccc3O)c(O)c12.[Cr].[H+].[H+].[H+].[H+].[H+]. The Bertz CT molecular complexity index is 3330. The molecule has 0 bridgehead atoms. The fourth-order valence-electron chi connectivity index (χ4n) is 5.49. The molecule has 6 aromatic carbocycles. The van der Waals surface area contributed by atoms with Crippen LogP contribution in [0.4, 0.5) is 45.5 Å². The number of nitrogens with two attached hydrogens (primary N) is 2. The van der Waals surface area contributed by atoms with Gasteiger partial charge in [0.1, 0.15) is 44.0 Å². The van der Waals surface area contributed by atoms with Crippen molar-refractivity contribution in [1.82, 2.24) is 0 Å². The molecule has 12 N–H and O–H groups in total. The van der Waals surface area contributed by atoms with E-state index in [-0.39, 0.29) is 46.0 Å². The minimum atomic E-state index is -5.08. The number of anilines is 2. The Balaban J connectivity index is 0. The monoisotopic (exact) mass is 1020 g/mol. The third-order valence-corrected chi connectivity index (χ3v) is 11.7. The van der Waals surface area contributed by atoms with E-state index in [1.807, 2.05) is 0 Å². The molecule has 0 atom stereocenters. The largest absolute Gasteiger partial charge is 1.00 e. The van der Waals surface area contributed by atoms with E-state index >= 15 is 0 Å². The van der Waals surface area contributed by atoms with Gasteiger partial charge in [0.15, 0.2) is 11.5 Å². The minimum Gasteiger partial charge on any atom is -0.506 e. The molecule has 0 fully saturated rings. The average molecular weight is 1030 g/mol. The summed E-state index contributed by atoms with van der Waals surface area (Å²) in [7, 11) is -19.7. The van der Waals surface area contributed by atoms with Gasteiger partial charge in [0.05, 0.1) is 19.6 Å². The van der Waals surface area contributed by atoms with Gasteiger partial charge in [0.25, 0.3) is 51.8 Å². The first-order chi connectivity index (χ1) is 29.4. The average Bonchev–Trinajstić information content (AvgIpc) is 3.16. The zero-order valence-corrected chi connectivity index (χ0v) is 35.8. The van der Waals surface area contributed by atoms with Crippen LogP contribution in [0.2, 0.25) is 0 Å². The van der Waals surface area contributed by atoms with Crippen LogP contribution in [-0.2, 0) is 57.8 Å². The Labute approximate surface area is 380 Å². The predicted octanol–water partition coefficient (Wildman–Crippen LogP) is 5.86. The van der Waals surface area contributed by atoms with Gasteiger partial charge in [-0.1, -0.05) is 0 Å². The Morgan fingerprint density at radius 3 is 1.09 bits per heavy atom. The van der Waals surface area contributed by atoms with Crippen molar-refractivity contribution in [3.63, 3.8) is 0 Å². The van der Waals surface area contributed by atoms with Gasteiger partial charge < -0.3 is 31.9 Å². The molecule has 0 amide bonds. The molecule has 0 aliphatic heterocycles. The molecule has 0 saturated heterocycles. The third kappa shape index (κ3) is 11.0. The van der Waals surface area contributed by atoms with Crippen molar-refractivity contribution in [2.24, 2.45) is 20.5 Å². The number of benzene rings is 6. The predicted molar refractivity (Wildman–Crippen MR) is 223 cm³/mol. The molecule has 0 saturated carbocycles. The van der Waals surface area contributed by atoms with Gasteiger partial charge >= 0.3 is 7.13 Å². The van der Waals surface area contributed by atoms with Gasteiger partial charge in [0, 0.05) is 63.8 Å². The molecule has 0 spiro atoms. The smallest absolute Gasteiger partial charge is 0.506 e. The number of rotatable bonds is 10. The van der Waals surface area contributed by atoms with E-state index in [0.29, 0.717) is 0 Å². The number of hydrogen-bond donors (Lipinski definition) is 10. The molecule has 65 heavy (non-hydrogen) atoms. The molecule has 0 aliphatic carbocycles. The number of nitrogen functional groups attached to an aromatic ring is 2. The van der Waals surface area contributed by atoms with Gasteiger partial charge in [-0.05, 0) is 59.3 Å². The van der Waals surface area contributed by atoms with Crippen LogP contribution in [0, 0.1) is 20.2 Å². The van der Waals surface area contributed by atoms with Gasteiger partial charge in [-0.25, -0.2) is 0 Å². The van der Waals surface area contributed by atoms with Crippen molar-refractivity contribution in [1.29, 1.82) is 0 Å². The van der Waals surface area contributed by atoms with Gasteiger partial charge in [-0.3, -0.25) is 38.4 Å². The summed E-state index contributed by atoms with van der Waals surface area (Å²) in [6.45, 7) is 0. The van der Waals surface area contributed by atoms with Gasteiger partial charge in [-0.15, -0.1) is 20.5 Å². The fourth-order valence-corrected chi connectivity index (χ4v) is 7.90. The molecule has 0 aromatic heterocycles. The van der Waals surface area contributed by atoms with Crippen LogP contribution < -0.4 is 11.5 Å². The van der Waals surface area contributed by atoms with Crippen LogP contribution in [0.3, 0.4) is 0 Å². The summed E-state index contributed by atoms with van der Waals surface area (Å²) in [6.07, 6.45) is 0. The number of non-ortho nitro benzene ring substituents is 2. The minimum absolute atomic E-state index is 0. The molecule has 0 heterocycles. The van der Waals surface area contributed by atoms with Gasteiger partial charge in [0.2, 0.25) is 0 Å². The second kappa shape index (κ2) is 18.1. The van der Waals surface area contributed by atoms with Crippen molar-refractivity contribution in [3.8, 4) is 23.0 Å². The van der Waals surface area contributed by atoms with E-state index in [1.54, 1.807) is 0 Å². The summed E-state index contributed by atoms with van der Waals surface area (Å²) in [6, 6.07) is 10.1. The number of azo groups is 2. The molecule has 6 rings (SSSR count). The van der Waals surface area contributed by atoms with Crippen molar-refractivity contribution in [2.75, 3.05) is 11.5 Å². The van der Waals surface area contributed by atoms with Crippen LogP contribution in [0.25, 0.3) is 21.5 Å². The molecule has 0 aliphatic rings. The third-order valence-electron chi connectivity index (χ3n) is 8.31. The summed E-state index contributed by atoms with van der Waals surface area (Å²) in [5.74, 6) is -3.01. The molecule has 6 aromatic rings. The Kier molecular flexibility index (Phi) is 14.1. The van der Waals surface area contributed by atoms with Crippen LogP contribution in [0.15, 0.2) is 113 Å². The quantitative estimate of drug-likeness (QED) is 0.0252. The molecule has 0 radical (unpaired) electrons. The normalized spacial score (nSPS) is 12.2. The molecular formula is C32H29CrN8O20S4+5. The zero-order valence-electron chi connectivity index (χ0n) is 36.3. The number of phenols is 4. The van der Waals surface area contributed by atoms with E-state index in [4.69, 9.17) is 11.5 Å². The van der Waals surface area contributed by atoms with Crippen LogP contribution >= 0.6 is 0 Å². The molecular weight excluding hydrogens is 997 g/mol. The maximum Gasteiger partial charge on any atom is 1.00 e. The van der Waals surface area contributed by atoms with E-state index in [0.717, 1.165) is 72.8 Å². The molecule has 28 nitrogen and oxygen atoms in total. The van der Waals surface area contributed by atoms with Crippen molar-refractivity contribution < 1.29 is 107 Å². The number of nitro groups is 2. The number of aromatic hydroxyl groups is 4. The zero-order chi connectivity index (χ0) is 48.0. The number of nitro benzene ring substituents is 2. The number of nitrogens with zero attached hydrogens (tertiary/aromatic N) is 6. The van der Waals surface area contributed by atoms with E-state index in [2.05, 4.69) is 20.5 Å². The fraction of sp³-hybridized carbons (Fsp3) is 0. The first kappa shape index (κ1) is 50.5. The van der Waals surface area contributed by atoms with Gasteiger partial charge in [-0.2, -0.15) is 33.7 Å². The second-order valence-electron chi connectivity index (χ2n) is 12.5. The van der Waals surface area contributed by atoms with E-state index in [1.165, 1.54) is 0 Å². The Morgan fingerprint density at radius 2 is 0.815 bits per heavy atom. The van der Waals surface area contributed by atoms with Crippen LogP contribution in [0.1, 0.15) is 7.13 Å². The summed E-state index contributed by atoms with van der Waals surface area (Å²) in [5, 5.41) is 75.4. The van der Waals surface area contributed by atoms with E-state index in [9.17, 15) is 92.5 Å². The number of hydrogen-bond acceptors (Lipinski definition) is 22. The first-order valence-corrected chi connectivity index (χ1v) is 22.0. The molecule has 33 heteroatoms. The topological polar surface area (TPSA) is 486 Å². The van der Waals surface area contributed by atoms with Crippen molar-refractivity contribution in [3.05, 3.63) is 93.0 Å². The van der Waals surface area contributed by atoms with Crippen molar-refractivity contribution >= 4 is 108 Å². The summed E-state index contributed by atoms with van der Waals surface area (Å²) in [4.78, 5) is 16.7. The molecule has 342 valence electrons. The summed E-state index contributed by atoms with van der Waals surface area (Å²) in [5.41, 5.74) is 7.09. The number of fused-ring (bicyclic) bond motifs is 2. The Hall–Kier alpha value is -7.19.